The lowest BCUT2D eigenvalue weighted by atomic mass is 9.96. The highest BCUT2D eigenvalue weighted by atomic mass is 79.9. The molecule has 0 aliphatic carbocycles. The predicted molar refractivity (Wildman–Crippen MR) is 95.1 cm³/mol. The number of nitrogens with zero attached hydrogens (tertiary/aromatic N) is 3. The normalized spacial score (nSPS) is 11.6. The molecule has 1 unspecified atom stereocenters. The van der Waals surface area contributed by atoms with Crippen molar-refractivity contribution in [2.24, 2.45) is 0 Å². The van der Waals surface area contributed by atoms with Crippen molar-refractivity contribution >= 4 is 27.5 Å². The van der Waals surface area contributed by atoms with Crippen LogP contribution in [0.5, 0.6) is 11.5 Å². The van der Waals surface area contributed by atoms with Gasteiger partial charge in [-0.05, 0) is 48.0 Å². The summed E-state index contributed by atoms with van der Waals surface area (Å²) < 4.78 is 20.5. The average molecular weight is 419 g/mol. The highest BCUT2D eigenvalue weighted by Crippen LogP contribution is 2.31. The minimum atomic E-state index is -0.713. The molecule has 3 rings (SSSR count). The summed E-state index contributed by atoms with van der Waals surface area (Å²) in [6.45, 7) is 0. The minimum absolute atomic E-state index is 0.0257. The van der Waals surface area contributed by atoms with E-state index in [0.29, 0.717) is 17.0 Å². The van der Waals surface area contributed by atoms with Crippen LogP contribution in [0.25, 0.3) is 0 Å². The molecule has 7 heteroatoms. The van der Waals surface area contributed by atoms with Crippen LogP contribution in [0.1, 0.15) is 17.2 Å². The first kappa shape index (κ1) is 17.3. The second-order valence-corrected chi connectivity index (χ2v) is 6.40. The summed E-state index contributed by atoms with van der Waals surface area (Å²) >= 11 is 9.06. The molecular weight excluding hydrogens is 409 g/mol. The highest BCUT2D eigenvalue weighted by molar-refractivity contribution is 9.10. The topological polar surface area (TPSA) is 58.8 Å². The molecule has 0 saturated heterocycles. The molecule has 3 aromatic rings. The van der Waals surface area contributed by atoms with Crippen molar-refractivity contribution in [1.29, 1.82) is 5.26 Å². The molecule has 2 aromatic carbocycles. The monoisotopic (exact) mass is 417 g/mol. The summed E-state index contributed by atoms with van der Waals surface area (Å²) in [6, 6.07) is 16.6. The van der Waals surface area contributed by atoms with E-state index in [1.54, 1.807) is 30.3 Å². The standard InChI is InChI=1S/C18H10BrClFN3O/c19-12-2-1-3-13(9-12)25-17-8-11(4-5-15(17)21)14(10-22)16-6-7-18(20)24-23-16/h1-9,14H. The minimum Gasteiger partial charge on any atom is -0.454 e. The molecular formula is C18H10BrClFN3O. The third-order valence-electron chi connectivity index (χ3n) is 3.39. The zero-order valence-electron chi connectivity index (χ0n) is 12.7. The molecule has 0 fully saturated rings. The van der Waals surface area contributed by atoms with Crippen molar-refractivity contribution in [2.45, 2.75) is 5.92 Å². The van der Waals surface area contributed by atoms with Crippen LogP contribution in [0.15, 0.2) is 59.1 Å². The van der Waals surface area contributed by atoms with Crippen LogP contribution in [-0.2, 0) is 0 Å². The van der Waals surface area contributed by atoms with E-state index in [-0.39, 0.29) is 10.9 Å². The maximum Gasteiger partial charge on any atom is 0.165 e. The molecule has 0 amide bonds. The van der Waals surface area contributed by atoms with Crippen LogP contribution in [0.2, 0.25) is 5.15 Å². The van der Waals surface area contributed by atoms with Gasteiger partial charge in [-0.1, -0.05) is 39.7 Å². The zero-order chi connectivity index (χ0) is 17.8. The van der Waals surface area contributed by atoms with E-state index in [4.69, 9.17) is 16.3 Å². The fraction of sp³-hybridized carbons (Fsp3) is 0.0556. The summed E-state index contributed by atoms with van der Waals surface area (Å²) in [6.07, 6.45) is 0. The fourth-order valence-corrected chi connectivity index (χ4v) is 2.71. The van der Waals surface area contributed by atoms with Crippen LogP contribution in [-0.4, -0.2) is 10.2 Å². The Bertz CT molecular complexity index is 944. The smallest absolute Gasteiger partial charge is 0.165 e. The van der Waals surface area contributed by atoms with Crippen LogP contribution in [0.3, 0.4) is 0 Å². The zero-order valence-corrected chi connectivity index (χ0v) is 15.0. The van der Waals surface area contributed by atoms with Crippen molar-refractivity contribution < 1.29 is 9.13 Å². The Kier molecular flexibility index (Phi) is 5.27. The number of hydrogen-bond donors (Lipinski definition) is 0. The molecule has 0 aliphatic rings. The van der Waals surface area contributed by atoms with E-state index in [2.05, 4.69) is 32.2 Å². The molecule has 0 bridgehead atoms. The quantitative estimate of drug-likeness (QED) is 0.563. The maximum atomic E-state index is 14.1. The van der Waals surface area contributed by atoms with Crippen LogP contribution in [0, 0.1) is 17.1 Å². The average Bonchev–Trinajstić information content (AvgIpc) is 2.60. The second-order valence-electron chi connectivity index (χ2n) is 5.09. The van der Waals surface area contributed by atoms with E-state index in [9.17, 15) is 9.65 Å². The van der Waals surface area contributed by atoms with E-state index < -0.39 is 11.7 Å². The molecule has 0 spiro atoms. The van der Waals surface area contributed by atoms with E-state index in [1.807, 2.05) is 6.07 Å². The second kappa shape index (κ2) is 7.60. The fourth-order valence-electron chi connectivity index (χ4n) is 2.23. The van der Waals surface area contributed by atoms with Gasteiger partial charge in [0.2, 0.25) is 0 Å². The number of benzene rings is 2. The molecule has 0 aliphatic heterocycles. The Labute approximate surface area is 157 Å². The number of ether oxygens (including phenoxy) is 1. The van der Waals surface area contributed by atoms with Crippen molar-refractivity contribution in [3.05, 3.63) is 81.3 Å². The molecule has 1 heterocycles. The first-order valence-corrected chi connectivity index (χ1v) is 8.35. The number of nitriles is 1. The summed E-state index contributed by atoms with van der Waals surface area (Å²) in [7, 11) is 0. The molecule has 0 saturated carbocycles. The van der Waals surface area contributed by atoms with Gasteiger partial charge in [-0.2, -0.15) is 10.4 Å². The largest absolute Gasteiger partial charge is 0.454 e. The molecule has 0 N–H and O–H groups in total. The van der Waals surface area contributed by atoms with Crippen molar-refractivity contribution in [1.82, 2.24) is 10.2 Å². The number of aromatic nitrogens is 2. The SMILES string of the molecule is N#CC(c1ccc(F)c(Oc2cccc(Br)c2)c1)c1ccc(Cl)nn1. The Hall–Kier alpha value is -2.49. The van der Waals surface area contributed by atoms with Gasteiger partial charge in [0.1, 0.15) is 11.7 Å². The number of hydrogen-bond acceptors (Lipinski definition) is 4. The van der Waals surface area contributed by atoms with Gasteiger partial charge in [-0.3, -0.25) is 0 Å². The van der Waals surface area contributed by atoms with E-state index in [0.717, 1.165) is 4.47 Å². The lowest BCUT2D eigenvalue weighted by Gasteiger charge is -2.12. The van der Waals surface area contributed by atoms with Crippen molar-refractivity contribution in [3.8, 4) is 17.6 Å². The van der Waals surface area contributed by atoms with Gasteiger partial charge >= 0.3 is 0 Å². The summed E-state index contributed by atoms with van der Waals surface area (Å²) in [4.78, 5) is 0. The summed E-state index contributed by atoms with van der Waals surface area (Å²) in [5.74, 6) is -0.735. The summed E-state index contributed by atoms with van der Waals surface area (Å²) in [5.41, 5.74) is 0.970. The number of rotatable bonds is 4. The Morgan fingerprint density at radius 3 is 2.64 bits per heavy atom. The van der Waals surface area contributed by atoms with Gasteiger partial charge in [0.25, 0.3) is 0 Å². The molecule has 0 radical (unpaired) electrons. The third kappa shape index (κ3) is 4.13. The van der Waals surface area contributed by atoms with E-state index >= 15 is 0 Å². The highest BCUT2D eigenvalue weighted by Gasteiger charge is 2.18. The molecule has 25 heavy (non-hydrogen) atoms. The molecule has 1 atom stereocenters. The van der Waals surface area contributed by atoms with Gasteiger partial charge < -0.3 is 4.74 Å². The Balaban J connectivity index is 1.95. The maximum absolute atomic E-state index is 14.1. The predicted octanol–water partition coefficient (Wildman–Crippen LogP) is 5.48. The van der Waals surface area contributed by atoms with Gasteiger partial charge in [-0.25, -0.2) is 4.39 Å². The van der Waals surface area contributed by atoms with Crippen LogP contribution >= 0.6 is 27.5 Å². The summed E-state index contributed by atoms with van der Waals surface area (Å²) in [5, 5.41) is 17.4. The van der Waals surface area contributed by atoms with Gasteiger partial charge in [0, 0.05) is 4.47 Å². The lowest BCUT2D eigenvalue weighted by Crippen LogP contribution is -2.03. The number of halogens is 3. The lowest BCUT2D eigenvalue weighted by molar-refractivity contribution is 0.441. The Morgan fingerprint density at radius 1 is 1.12 bits per heavy atom. The first-order valence-electron chi connectivity index (χ1n) is 7.18. The van der Waals surface area contributed by atoms with Crippen LogP contribution in [0.4, 0.5) is 4.39 Å². The molecule has 1 aromatic heterocycles. The Morgan fingerprint density at radius 2 is 1.96 bits per heavy atom. The van der Waals surface area contributed by atoms with E-state index in [1.165, 1.54) is 18.2 Å². The molecule has 124 valence electrons. The van der Waals surface area contributed by atoms with Crippen molar-refractivity contribution in [2.75, 3.05) is 0 Å². The third-order valence-corrected chi connectivity index (χ3v) is 4.08. The van der Waals surface area contributed by atoms with Gasteiger partial charge in [0.15, 0.2) is 16.7 Å². The first-order chi connectivity index (χ1) is 12.1. The van der Waals surface area contributed by atoms with Gasteiger partial charge in [0.05, 0.1) is 11.8 Å². The van der Waals surface area contributed by atoms with Crippen LogP contribution < -0.4 is 4.74 Å². The molecule has 4 nitrogen and oxygen atoms in total. The van der Waals surface area contributed by atoms with Crippen molar-refractivity contribution in [3.63, 3.8) is 0 Å². The van der Waals surface area contributed by atoms with Gasteiger partial charge in [-0.15, -0.1) is 5.10 Å².